The number of allylic oxidation sites excluding steroid dienone is 1. The average molecular weight is 362 g/mol. The molecule has 2 aliphatic carbocycles. The van der Waals surface area contributed by atoms with Crippen LogP contribution < -0.4 is 0 Å². The van der Waals surface area contributed by atoms with Gasteiger partial charge in [-0.05, 0) is 61.8 Å². The summed E-state index contributed by atoms with van der Waals surface area (Å²) in [4.78, 5) is 18.6. The summed E-state index contributed by atoms with van der Waals surface area (Å²) in [6.45, 7) is 1.80. The van der Waals surface area contributed by atoms with Crippen LogP contribution in [0.25, 0.3) is 10.9 Å². The van der Waals surface area contributed by atoms with Crippen LogP contribution in [0.15, 0.2) is 36.4 Å². The lowest BCUT2D eigenvalue weighted by atomic mass is 9.67. The molecule has 1 aromatic heterocycles. The zero-order chi connectivity index (χ0) is 18.0. The number of hydrogen-bond acceptors (Lipinski definition) is 3. The molecule has 4 aliphatic rings. The third-order valence-electron chi connectivity index (χ3n) is 7.47. The minimum absolute atomic E-state index is 0.265. The molecule has 1 N–H and O–H groups in total. The second-order valence-corrected chi connectivity index (χ2v) is 8.77. The normalized spacial score (nSPS) is 37.0. The molecule has 1 unspecified atom stereocenters. The molecule has 2 bridgehead atoms. The topological polar surface area (TPSA) is 45.3 Å². The zero-order valence-electron chi connectivity index (χ0n) is 15.6. The molecule has 4 nitrogen and oxygen atoms in total. The highest BCUT2D eigenvalue weighted by Crippen LogP contribution is 2.50. The van der Waals surface area contributed by atoms with E-state index in [1.54, 1.807) is 0 Å². The number of morpholine rings is 1. The van der Waals surface area contributed by atoms with Crippen molar-refractivity contribution in [1.82, 2.24) is 9.88 Å². The Hall–Kier alpha value is -1.91. The summed E-state index contributed by atoms with van der Waals surface area (Å²) in [5.74, 6) is 0.823. The molecule has 0 radical (unpaired) electrons. The Balaban J connectivity index is 1.45. The fourth-order valence-electron chi connectivity index (χ4n) is 6.31. The van der Waals surface area contributed by atoms with Crippen molar-refractivity contribution in [3.05, 3.63) is 47.7 Å². The van der Waals surface area contributed by atoms with E-state index in [0.29, 0.717) is 31.0 Å². The van der Waals surface area contributed by atoms with E-state index < -0.39 is 0 Å². The van der Waals surface area contributed by atoms with Gasteiger partial charge in [0.15, 0.2) is 5.78 Å². The number of hydrogen-bond donors (Lipinski definition) is 1. The van der Waals surface area contributed by atoms with E-state index in [9.17, 15) is 4.79 Å². The zero-order valence-corrected chi connectivity index (χ0v) is 15.6. The summed E-state index contributed by atoms with van der Waals surface area (Å²) >= 11 is 0. The molecule has 27 heavy (non-hydrogen) atoms. The fraction of sp³-hybridized carbons (Fsp3) is 0.522. The van der Waals surface area contributed by atoms with E-state index in [4.69, 9.17) is 4.74 Å². The third-order valence-corrected chi connectivity index (χ3v) is 7.47. The molecule has 2 fully saturated rings. The summed E-state index contributed by atoms with van der Waals surface area (Å²) in [5.41, 5.74) is 3.82. The average Bonchev–Trinajstić information content (AvgIpc) is 3.08. The molecule has 1 aromatic carbocycles. The van der Waals surface area contributed by atoms with Crippen molar-refractivity contribution in [3.63, 3.8) is 0 Å². The van der Waals surface area contributed by atoms with Gasteiger partial charge in [0.05, 0.1) is 12.6 Å². The Morgan fingerprint density at radius 1 is 1.19 bits per heavy atom. The smallest absolute Gasteiger partial charge is 0.155 e. The number of nitrogens with zero attached hydrogens (tertiary/aromatic N) is 1. The highest BCUT2D eigenvalue weighted by Gasteiger charge is 2.54. The Labute approximate surface area is 159 Å². The highest BCUT2D eigenvalue weighted by atomic mass is 16.5. The Bertz CT molecular complexity index is 945. The summed E-state index contributed by atoms with van der Waals surface area (Å²) in [6, 6.07) is 9.37. The monoisotopic (exact) mass is 362 g/mol. The molecule has 0 amide bonds. The van der Waals surface area contributed by atoms with Crippen LogP contribution in [0.1, 0.15) is 49.4 Å². The van der Waals surface area contributed by atoms with E-state index in [1.807, 2.05) is 6.08 Å². The number of H-pyrrole nitrogens is 1. The predicted molar refractivity (Wildman–Crippen MR) is 105 cm³/mol. The van der Waals surface area contributed by atoms with Gasteiger partial charge in [0, 0.05) is 35.6 Å². The van der Waals surface area contributed by atoms with Gasteiger partial charge in [0.1, 0.15) is 5.60 Å². The number of aromatic amines is 1. The van der Waals surface area contributed by atoms with Crippen LogP contribution in [0.3, 0.4) is 0 Å². The molecule has 1 saturated carbocycles. The van der Waals surface area contributed by atoms with Crippen LogP contribution >= 0.6 is 0 Å². The Kier molecular flexibility index (Phi) is 3.45. The van der Waals surface area contributed by atoms with Crippen molar-refractivity contribution >= 4 is 16.7 Å². The number of ether oxygens (including phenoxy) is 1. The van der Waals surface area contributed by atoms with Crippen LogP contribution in [0, 0.1) is 5.92 Å². The first-order valence-corrected chi connectivity index (χ1v) is 10.5. The van der Waals surface area contributed by atoms with Gasteiger partial charge in [0.2, 0.25) is 0 Å². The SMILES string of the molecule is O=C1/C=C\[C@@]23CCC[C@@H](CC1)C2N1CCc2c([nH]c4ccccc24)[C@H]1CO3. The maximum Gasteiger partial charge on any atom is 0.155 e. The van der Waals surface area contributed by atoms with Gasteiger partial charge < -0.3 is 9.72 Å². The first-order chi connectivity index (χ1) is 13.3. The maximum atomic E-state index is 12.1. The number of aromatic nitrogens is 1. The molecule has 4 atom stereocenters. The predicted octanol–water partition coefficient (Wildman–Crippen LogP) is 3.92. The van der Waals surface area contributed by atoms with Crippen molar-refractivity contribution in [1.29, 1.82) is 0 Å². The molecule has 0 spiro atoms. The standard InChI is InChI=1S/C23H26N2O2/c26-16-8-7-15-4-3-11-23(12-9-16)22(15)25-13-10-18-17-5-1-2-6-19(17)24-21(18)20(25)14-27-23/h1-2,5-6,9,12,15,20,22,24H,3-4,7-8,10-11,13-14H2/b12-9-/t15-,20+,22?,23-/m0/s1. The fourth-order valence-corrected chi connectivity index (χ4v) is 6.31. The Morgan fingerprint density at radius 2 is 2.11 bits per heavy atom. The van der Waals surface area contributed by atoms with Crippen LogP contribution in [0.4, 0.5) is 0 Å². The van der Waals surface area contributed by atoms with Crippen LogP contribution in [0.2, 0.25) is 0 Å². The number of carbonyl (C=O) groups excluding carboxylic acids is 1. The number of rotatable bonds is 0. The van der Waals surface area contributed by atoms with Crippen molar-refractivity contribution in [2.45, 2.75) is 56.2 Å². The first kappa shape index (κ1) is 16.1. The third kappa shape index (κ3) is 2.26. The van der Waals surface area contributed by atoms with Crippen molar-refractivity contribution in [2.24, 2.45) is 5.92 Å². The van der Waals surface area contributed by atoms with Gasteiger partial charge in [-0.15, -0.1) is 0 Å². The molecule has 4 heteroatoms. The van der Waals surface area contributed by atoms with E-state index in [2.05, 4.69) is 40.2 Å². The van der Waals surface area contributed by atoms with Crippen molar-refractivity contribution in [2.75, 3.05) is 13.2 Å². The van der Waals surface area contributed by atoms with Gasteiger partial charge in [-0.25, -0.2) is 0 Å². The van der Waals surface area contributed by atoms with Gasteiger partial charge in [-0.3, -0.25) is 9.69 Å². The molecule has 2 aromatic rings. The van der Waals surface area contributed by atoms with Crippen LogP contribution in [0.5, 0.6) is 0 Å². The summed E-state index contributed by atoms with van der Waals surface area (Å²) < 4.78 is 6.65. The number of carbonyl (C=O) groups is 1. The summed E-state index contributed by atoms with van der Waals surface area (Å²) in [5, 5.41) is 1.37. The van der Waals surface area contributed by atoms with Gasteiger partial charge >= 0.3 is 0 Å². The largest absolute Gasteiger partial charge is 0.367 e. The van der Waals surface area contributed by atoms with E-state index >= 15 is 0 Å². The van der Waals surface area contributed by atoms with Gasteiger partial charge in [-0.1, -0.05) is 18.2 Å². The Morgan fingerprint density at radius 3 is 3.07 bits per heavy atom. The molecule has 140 valence electrons. The summed E-state index contributed by atoms with van der Waals surface area (Å²) in [6.07, 6.45) is 10.2. The molecule has 6 rings (SSSR count). The van der Waals surface area contributed by atoms with Gasteiger partial charge in [0.25, 0.3) is 0 Å². The molecular formula is C23H26N2O2. The van der Waals surface area contributed by atoms with Crippen molar-refractivity contribution < 1.29 is 9.53 Å². The number of ketones is 1. The maximum absolute atomic E-state index is 12.1. The second-order valence-electron chi connectivity index (χ2n) is 8.77. The quantitative estimate of drug-likeness (QED) is 0.772. The first-order valence-electron chi connectivity index (χ1n) is 10.5. The molecular weight excluding hydrogens is 336 g/mol. The number of para-hydroxylation sites is 1. The lowest BCUT2D eigenvalue weighted by molar-refractivity contribution is -0.185. The highest BCUT2D eigenvalue weighted by molar-refractivity contribution is 5.90. The second kappa shape index (κ2) is 5.79. The van der Waals surface area contributed by atoms with E-state index in [1.165, 1.54) is 35.0 Å². The number of fused-ring (bicyclic) bond motifs is 5. The van der Waals surface area contributed by atoms with Crippen LogP contribution in [-0.2, 0) is 16.0 Å². The van der Waals surface area contributed by atoms with E-state index in [-0.39, 0.29) is 11.4 Å². The van der Waals surface area contributed by atoms with Gasteiger partial charge in [-0.2, -0.15) is 0 Å². The molecule has 3 heterocycles. The van der Waals surface area contributed by atoms with E-state index in [0.717, 1.165) is 25.8 Å². The number of benzene rings is 1. The minimum atomic E-state index is -0.265. The van der Waals surface area contributed by atoms with Crippen LogP contribution in [-0.4, -0.2) is 40.5 Å². The number of nitrogens with one attached hydrogen (secondary N) is 1. The molecule has 1 saturated heterocycles. The lowest BCUT2D eigenvalue weighted by Crippen LogP contribution is -2.65. The van der Waals surface area contributed by atoms with Crippen molar-refractivity contribution in [3.8, 4) is 0 Å². The lowest BCUT2D eigenvalue weighted by Gasteiger charge is -2.58. The minimum Gasteiger partial charge on any atom is -0.367 e. The molecule has 2 aliphatic heterocycles. The summed E-state index contributed by atoms with van der Waals surface area (Å²) in [7, 11) is 0.